The summed E-state index contributed by atoms with van der Waals surface area (Å²) >= 11 is 4.64. The fraction of sp³-hybridized carbons (Fsp3) is 0.556. The number of nitrogens with zero attached hydrogens (tertiary/aromatic N) is 1. The third-order valence-corrected chi connectivity index (χ3v) is 1.91. The topological polar surface area (TPSA) is 28.7 Å². The molecule has 0 unspecified atom stereocenters. The van der Waals surface area contributed by atoms with Crippen LogP contribution in [0.3, 0.4) is 0 Å². The molecule has 0 saturated heterocycles. The number of halogens is 3. The van der Waals surface area contributed by atoms with Crippen molar-refractivity contribution in [3.8, 4) is 0 Å². The van der Waals surface area contributed by atoms with E-state index in [1.54, 1.807) is 0 Å². The van der Waals surface area contributed by atoms with Crippen LogP contribution in [0.2, 0.25) is 0 Å². The van der Waals surface area contributed by atoms with E-state index in [0.717, 1.165) is 6.07 Å². The van der Waals surface area contributed by atoms with Gasteiger partial charge < -0.3 is 4.98 Å². The summed E-state index contributed by atoms with van der Waals surface area (Å²) in [6.07, 6.45) is -3.91. The summed E-state index contributed by atoms with van der Waals surface area (Å²) in [5, 5.41) is 0. The third kappa shape index (κ3) is 3.62. The van der Waals surface area contributed by atoms with E-state index in [0.29, 0.717) is 12.1 Å². The molecule has 15 heavy (non-hydrogen) atoms. The van der Waals surface area contributed by atoms with Crippen LogP contribution in [0, 0.1) is 10.7 Å². The zero-order valence-corrected chi connectivity index (χ0v) is 9.17. The lowest BCUT2D eigenvalue weighted by atomic mass is 10.1. The van der Waals surface area contributed by atoms with Gasteiger partial charge in [0.15, 0.2) is 4.77 Å². The van der Waals surface area contributed by atoms with Crippen LogP contribution in [-0.4, -0.2) is 9.97 Å². The van der Waals surface area contributed by atoms with Crippen LogP contribution < -0.4 is 0 Å². The van der Waals surface area contributed by atoms with Crippen LogP contribution >= 0.6 is 12.2 Å². The van der Waals surface area contributed by atoms with Crippen molar-refractivity contribution in [2.75, 3.05) is 0 Å². The van der Waals surface area contributed by atoms with Gasteiger partial charge >= 0.3 is 6.18 Å². The van der Waals surface area contributed by atoms with Gasteiger partial charge in [-0.1, -0.05) is 13.8 Å². The molecule has 1 aromatic heterocycles. The van der Waals surface area contributed by atoms with E-state index < -0.39 is 11.9 Å². The molecule has 0 aliphatic rings. The highest BCUT2D eigenvalue weighted by molar-refractivity contribution is 7.71. The summed E-state index contributed by atoms with van der Waals surface area (Å²) < 4.78 is 37.0. The minimum atomic E-state index is -4.44. The van der Waals surface area contributed by atoms with Crippen molar-refractivity contribution in [1.82, 2.24) is 9.97 Å². The molecule has 0 spiro atoms. The summed E-state index contributed by atoms with van der Waals surface area (Å²) in [4.78, 5) is 5.90. The summed E-state index contributed by atoms with van der Waals surface area (Å²) in [6, 6.07) is 1.01. The monoisotopic (exact) mass is 236 g/mol. The number of H-pyrrole nitrogens is 1. The fourth-order valence-corrected chi connectivity index (χ4v) is 1.43. The largest absolute Gasteiger partial charge is 0.433 e. The summed E-state index contributed by atoms with van der Waals surface area (Å²) in [7, 11) is 0. The number of rotatable bonds is 2. The molecule has 1 heterocycles. The number of aromatic amines is 1. The number of aromatic nitrogens is 2. The van der Waals surface area contributed by atoms with E-state index >= 15 is 0 Å². The van der Waals surface area contributed by atoms with E-state index in [1.807, 2.05) is 13.8 Å². The first-order valence-corrected chi connectivity index (χ1v) is 4.87. The molecule has 1 rings (SSSR count). The smallest absolute Gasteiger partial charge is 0.334 e. The maximum absolute atomic E-state index is 12.4. The average Bonchev–Trinajstić information content (AvgIpc) is 1.99. The summed E-state index contributed by atoms with van der Waals surface area (Å²) in [5.74, 6) is 0.263. The normalized spacial score (nSPS) is 12.1. The maximum Gasteiger partial charge on any atom is 0.433 e. The van der Waals surface area contributed by atoms with E-state index in [1.165, 1.54) is 0 Å². The van der Waals surface area contributed by atoms with Crippen LogP contribution in [0.25, 0.3) is 0 Å². The molecule has 0 amide bonds. The Hall–Kier alpha value is -0.910. The van der Waals surface area contributed by atoms with Gasteiger partial charge in [-0.05, 0) is 30.6 Å². The molecule has 0 atom stereocenters. The van der Waals surface area contributed by atoms with Gasteiger partial charge in [0.1, 0.15) is 5.69 Å². The van der Waals surface area contributed by atoms with Gasteiger partial charge in [0.05, 0.1) is 0 Å². The van der Waals surface area contributed by atoms with E-state index in [-0.39, 0.29) is 10.7 Å². The molecule has 0 bridgehead atoms. The molecule has 2 nitrogen and oxygen atoms in total. The molecule has 0 fully saturated rings. The number of alkyl halides is 3. The highest BCUT2D eigenvalue weighted by Gasteiger charge is 2.32. The van der Waals surface area contributed by atoms with Crippen molar-refractivity contribution in [2.45, 2.75) is 26.4 Å². The zero-order chi connectivity index (χ0) is 11.6. The number of hydrogen-bond donors (Lipinski definition) is 1. The first-order chi connectivity index (χ1) is 6.79. The molecule has 0 aliphatic carbocycles. The molecule has 0 radical (unpaired) electrons. The molecule has 1 N–H and O–H groups in total. The van der Waals surface area contributed by atoms with Gasteiger partial charge in [-0.15, -0.1) is 0 Å². The highest BCUT2D eigenvalue weighted by atomic mass is 32.1. The lowest BCUT2D eigenvalue weighted by Crippen LogP contribution is -2.11. The quantitative estimate of drug-likeness (QED) is 0.798. The second kappa shape index (κ2) is 4.30. The van der Waals surface area contributed by atoms with Crippen LogP contribution in [0.15, 0.2) is 6.07 Å². The Kier molecular flexibility index (Phi) is 3.49. The summed E-state index contributed by atoms with van der Waals surface area (Å²) in [6.45, 7) is 3.84. The van der Waals surface area contributed by atoms with Gasteiger partial charge in [0, 0.05) is 5.69 Å². The first-order valence-electron chi connectivity index (χ1n) is 4.46. The SMILES string of the molecule is CC(C)Cc1cc(C(F)(F)F)nc(=S)[nH]1. The van der Waals surface area contributed by atoms with Crippen LogP contribution in [-0.2, 0) is 12.6 Å². The lowest BCUT2D eigenvalue weighted by molar-refractivity contribution is -0.141. The Labute approximate surface area is 90.6 Å². The predicted octanol–water partition coefficient (Wildman–Crippen LogP) is 3.36. The zero-order valence-electron chi connectivity index (χ0n) is 8.35. The van der Waals surface area contributed by atoms with Crippen molar-refractivity contribution in [3.63, 3.8) is 0 Å². The Balaban J connectivity index is 3.11. The van der Waals surface area contributed by atoms with Gasteiger partial charge in [-0.25, -0.2) is 4.98 Å². The molecular formula is C9H11F3N2S. The lowest BCUT2D eigenvalue weighted by Gasteiger charge is -2.09. The number of nitrogens with one attached hydrogen (secondary N) is 1. The van der Waals surface area contributed by atoms with Crippen molar-refractivity contribution >= 4 is 12.2 Å². The predicted molar refractivity (Wildman–Crippen MR) is 53.0 cm³/mol. The molecule has 0 aliphatic heterocycles. The minimum absolute atomic E-state index is 0.125. The Morgan fingerprint density at radius 2 is 2.07 bits per heavy atom. The standard InChI is InChI=1S/C9H11F3N2S/c1-5(2)3-6-4-7(9(10,11)12)14-8(15)13-6/h4-5H,3H2,1-2H3,(H,13,14,15). The molecular weight excluding hydrogens is 225 g/mol. The maximum atomic E-state index is 12.4. The second-order valence-corrected chi connectivity index (χ2v) is 4.08. The van der Waals surface area contributed by atoms with Crippen LogP contribution in [0.5, 0.6) is 0 Å². The van der Waals surface area contributed by atoms with Gasteiger partial charge in [-0.3, -0.25) is 0 Å². The summed E-state index contributed by atoms with van der Waals surface area (Å²) in [5.41, 5.74) is -0.459. The van der Waals surface area contributed by atoms with E-state index in [4.69, 9.17) is 0 Å². The fourth-order valence-electron chi connectivity index (χ4n) is 1.20. The Morgan fingerprint density at radius 3 is 2.53 bits per heavy atom. The Morgan fingerprint density at radius 1 is 1.47 bits per heavy atom. The van der Waals surface area contributed by atoms with Gasteiger partial charge in [0.25, 0.3) is 0 Å². The first kappa shape index (κ1) is 12.2. The molecule has 84 valence electrons. The second-order valence-electron chi connectivity index (χ2n) is 3.69. The van der Waals surface area contributed by atoms with E-state index in [9.17, 15) is 13.2 Å². The average molecular weight is 236 g/mol. The van der Waals surface area contributed by atoms with Crippen molar-refractivity contribution in [1.29, 1.82) is 0 Å². The molecule has 0 aromatic carbocycles. The third-order valence-electron chi connectivity index (χ3n) is 1.72. The van der Waals surface area contributed by atoms with Crippen molar-refractivity contribution < 1.29 is 13.2 Å². The molecule has 1 aromatic rings. The molecule has 6 heteroatoms. The van der Waals surface area contributed by atoms with Crippen LogP contribution in [0.1, 0.15) is 25.2 Å². The van der Waals surface area contributed by atoms with E-state index in [2.05, 4.69) is 22.2 Å². The number of hydrogen-bond acceptors (Lipinski definition) is 2. The molecule has 0 saturated carbocycles. The van der Waals surface area contributed by atoms with Gasteiger partial charge in [0.2, 0.25) is 0 Å². The van der Waals surface area contributed by atoms with Crippen LogP contribution in [0.4, 0.5) is 13.2 Å². The van der Waals surface area contributed by atoms with Gasteiger partial charge in [-0.2, -0.15) is 13.2 Å². The van der Waals surface area contributed by atoms with Crippen molar-refractivity contribution in [2.24, 2.45) is 5.92 Å². The van der Waals surface area contributed by atoms with Crippen molar-refractivity contribution in [3.05, 3.63) is 22.2 Å². The minimum Gasteiger partial charge on any atom is -0.334 e. The Bertz CT molecular complexity index is 395. The highest BCUT2D eigenvalue weighted by Crippen LogP contribution is 2.27.